The number of hydrogen-bond donors (Lipinski definition) is 1. The van der Waals surface area contributed by atoms with Gasteiger partial charge in [-0.3, -0.25) is 0 Å². The van der Waals surface area contributed by atoms with Crippen molar-refractivity contribution in [1.82, 2.24) is 15.0 Å². The number of nitrogens with one attached hydrogen (secondary N) is 1. The van der Waals surface area contributed by atoms with Crippen LogP contribution in [0.25, 0.3) is 0 Å². The first kappa shape index (κ1) is 9.79. The minimum Gasteiger partial charge on any atom is -0.324 e. The second kappa shape index (κ2) is 4.18. The lowest BCUT2D eigenvalue weighted by atomic mass is 10.3. The molecule has 76 valence electrons. The summed E-state index contributed by atoms with van der Waals surface area (Å²) in [4.78, 5) is 11.3. The lowest BCUT2D eigenvalue weighted by Gasteiger charge is -2.03. The van der Waals surface area contributed by atoms with Gasteiger partial charge in [-0.1, -0.05) is 0 Å². The van der Waals surface area contributed by atoms with Crippen LogP contribution in [0.5, 0.6) is 0 Å². The first-order valence-electron chi connectivity index (χ1n) is 4.11. The van der Waals surface area contributed by atoms with Gasteiger partial charge in [-0.15, -0.1) is 0 Å². The number of aromatic nitrogens is 3. The maximum Gasteiger partial charge on any atom is 0.231 e. The van der Waals surface area contributed by atoms with E-state index in [1.807, 2.05) is 0 Å². The van der Waals surface area contributed by atoms with Crippen LogP contribution in [0.15, 0.2) is 30.6 Å². The van der Waals surface area contributed by atoms with Crippen molar-refractivity contribution in [3.8, 4) is 0 Å². The topological polar surface area (TPSA) is 50.7 Å². The molecule has 1 heterocycles. The second-order valence-electron chi connectivity index (χ2n) is 2.71. The fourth-order valence-corrected chi connectivity index (χ4v) is 1.12. The van der Waals surface area contributed by atoms with Crippen molar-refractivity contribution < 1.29 is 4.39 Å². The number of halogens is 2. The molecule has 15 heavy (non-hydrogen) atoms. The quantitative estimate of drug-likeness (QED) is 0.851. The Hall–Kier alpha value is -1.75. The zero-order valence-corrected chi connectivity index (χ0v) is 8.24. The minimum absolute atomic E-state index is 0.106. The second-order valence-corrected chi connectivity index (χ2v) is 3.05. The first-order chi connectivity index (χ1) is 7.24. The van der Waals surface area contributed by atoms with Gasteiger partial charge < -0.3 is 5.32 Å². The zero-order valence-electron chi connectivity index (χ0n) is 7.48. The molecule has 0 spiro atoms. The Morgan fingerprint density at radius 1 is 1.13 bits per heavy atom. The lowest BCUT2D eigenvalue weighted by Crippen LogP contribution is -1.97. The molecule has 0 aliphatic carbocycles. The Morgan fingerprint density at radius 2 is 1.87 bits per heavy atom. The monoisotopic (exact) mass is 224 g/mol. The Kier molecular flexibility index (Phi) is 2.73. The Bertz CT molecular complexity index is 460. The summed E-state index contributed by atoms with van der Waals surface area (Å²) in [6, 6.07) is 5.83. The Labute approximate surface area is 90.2 Å². The number of benzene rings is 1. The van der Waals surface area contributed by atoms with Gasteiger partial charge in [0.25, 0.3) is 0 Å². The van der Waals surface area contributed by atoms with Crippen LogP contribution in [-0.4, -0.2) is 15.0 Å². The van der Waals surface area contributed by atoms with Gasteiger partial charge in [0, 0.05) is 5.69 Å². The highest BCUT2D eigenvalue weighted by Gasteiger charge is 1.99. The van der Waals surface area contributed by atoms with Gasteiger partial charge in [-0.05, 0) is 35.9 Å². The highest BCUT2D eigenvalue weighted by molar-refractivity contribution is 6.28. The number of rotatable bonds is 2. The third kappa shape index (κ3) is 2.60. The SMILES string of the molecule is Fc1ccc(Nc2ncnc(Cl)n2)cc1. The summed E-state index contributed by atoms with van der Waals surface area (Å²) < 4.78 is 12.6. The average Bonchev–Trinajstić information content (AvgIpc) is 2.22. The van der Waals surface area contributed by atoms with Crippen molar-refractivity contribution in [3.05, 3.63) is 41.7 Å². The largest absolute Gasteiger partial charge is 0.324 e. The van der Waals surface area contributed by atoms with Crippen LogP contribution in [0, 0.1) is 5.82 Å². The van der Waals surface area contributed by atoms with Crippen molar-refractivity contribution in [1.29, 1.82) is 0 Å². The van der Waals surface area contributed by atoms with Crippen molar-refractivity contribution in [3.63, 3.8) is 0 Å². The third-order valence-electron chi connectivity index (χ3n) is 1.64. The van der Waals surface area contributed by atoms with E-state index < -0.39 is 0 Å². The fraction of sp³-hybridized carbons (Fsp3) is 0. The number of nitrogens with zero attached hydrogens (tertiary/aromatic N) is 3. The highest BCUT2D eigenvalue weighted by atomic mass is 35.5. The van der Waals surface area contributed by atoms with Crippen molar-refractivity contribution >= 4 is 23.2 Å². The molecule has 0 aliphatic heterocycles. The zero-order chi connectivity index (χ0) is 10.7. The molecule has 1 aromatic carbocycles. The van der Waals surface area contributed by atoms with Crippen LogP contribution in [0.4, 0.5) is 16.0 Å². The summed E-state index contributed by atoms with van der Waals surface area (Å²) in [5.41, 5.74) is 0.679. The van der Waals surface area contributed by atoms with Gasteiger partial charge in [0.15, 0.2) is 0 Å². The van der Waals surface area contributed by atoms with E-state index in [4.69, 9.17) is 11.6 Å². The van der Waals surface area contributed by atoms with E-state index in [2.05, 4.69) is 20.3 Å². The predicted octanol–water partition coefficient (Wildman–Crippen LogP) is 2.41. The molecule has 4 nitrogen and oxygen atoms in total. The average molecular weight is 225 g/mol. The molecule has 2 rings (SSSR count). The molecule has 0 aliphatic rings. The minimum atomic E-state index is -0.297. The van der Waals surface area contributed by atoms with E-state index >= 15 is 0 Å². The molecule has 0 unspecified atom stereocenters. The Morgan fingerprint density at radius 3 is 2.53 bits per heavy atom. The Balaban J connectivity index is 2.18. The molecular weight excluding hydrogens is 219 g/mol. The molecule has 1 aromatic heterocycles. The number of anilines is 2. The molecule has 6 heteroatoms. The molecule has 0 bridgehead atoms. The smallest absolute Gasteiger partial charge is 0.231 e. The van der Waals surface area contributed by atoms with Crippen LogP contribution in [-0.2, 0) is 0 Å². The van der Waals surface area contributed by atoms with Crippen molar-refractivity contribution in [2.45, 2.75) is 0 Å². The lowest BCUT2D eigenvalue weighted by molar-refractivity contribution is 0.628. The molecule has 0 amide bonds. The summed E-state index contributed by atoms with van der Waals surface area (Å²) in [5, 5.41) is 2.96. The molecular formula is C9H6ClFN4. The molecule has 0 saturated carbocycles. The summed E-state index contributed by atoms with van der Waals surface area (Å²) >= 11 is 5.57. The predicted molar refractivity (Wildman–Crippen MR) is 54.5 cm³/mol. The summed E-state index contributed by atoms with van der Waals surface area (Å²) in [6.07, 6.45) is 1.29. The van der Waals surface area contributed by atoms with Gasteiger partial charge in [0.05, 0.1) is 0 Å². The van der Waals surface area contributed by atoms with Crippen LogP contribution >= 0.6 is 11.6 Å². The molecule has 1 N–H and O–H groups in total. The number of hydrogen-bond acceptors (Lipinski definition) is 4. The van der Waals surface area contributed by atoms with E-state index in [0.29, 0.717) is 11.6 Å². The van der Waals surface area contributed by atoms with E-state index in [0.717, 1.165) is 0 Å². The van der Waals surface area contributed by atoms with Crippen LogP contribution in [0.2, 0.25) is 5.28 Å². The summed E-state index contributed by atoms with van der Waals surface area (Å²) in [6.45, 7) is 0. The van der Waals surface area contributed by atoms with Gasteiger partial charge in [-0.2, -0.15) is 4.98 Å². The van der Waals surface area contributed by atoms with Crippen LogP contribution in [0.3, 0.4) is 0 Å². The standard InChI is InChI=1S/C9H6ClFN4/c10-8-12-5-13-9(15-8)14-7-3-1-6(11)2-4-7/h1-5H,(H,12,13,14,15). The maximum absolute atomic E-state index is 12.6. The fourth-order valence-electron chi connectivity index (χ4n) is 0.999. The van der Waals surface area contributed by atoms with E-state index in [1.54, 1.807) is 12.1 Å². The van der Waals surface area contributed by atoms with Gasteiger partial charge >= 0.3 is 0 Å². The molecule has 0 fully saturated rings. The third-order valence-corrected chi connectivity index (χ3v) is 1.82. The van der Waals surface area contributed by atoms with Crippen molar-refractivity contribution in [2.24, 2.45) is 0 Å². The van der Waals surface area contributed by atoms with Crippen LogP contribution < -0.4 is 5.32 Å². The van der Waals surface area contributed by atoms with Gasteiger partial charge in [0.2, 0.25) is 11.2 Å². The molecule has 0 saturated heterocycles. The highest BCUT2D eigenvalue weighted by Crippen LogP contribution is 2.13. The van der Waals surface area contributed by atoms with E-state index in [-0.39, 0.29) is 11.1 Å². The molecule has 0 atom stereocenters. The molecule has 0 radical (unpaired) electrons. The van der Waals surface area contributed by atoms with Crippen LogP contribution in [0.1, 0.15) is 0 Å². The molecule has 2 aromatic rings. The van der Waals surface area contributed by atoms with Gasteiger partial charge in [-0.25, -0.2) is 14.4 Å². The normalized spacial score (nSPS) is 10.0. The summed E-state index contributed by atoms with van der Waals surface area (Å²) in [5.74, 6) is 0.0239. The van der Waals surface area contributed by atoms with Gasteiger partial charge in [0.1, 0.15) is 12.1 Å². The van der Waals surface area contributed by atoms with Crippen molar-refractivity contribution in [2.75, 3.05) is 5.32 Å². The summed E-state index contributed by atoms with van der Waals surface area (Å²) in [7, 11) is 0. The first-order valence-corrected chi connectivity index (χ1v) is 4.49. The van der Waals surface area contributed by atoms with E-state index in [9.17, 15) is 4.39 Å². The van der Waals surface area contributed by atoms with E-state index in [1.165, 1.54) is 18.5 Å². The maximum atomic E-state index is 12.6.